The first-order valence-corrected chi connectivity index (χ1v) is 7.22. The van der Waals surface area contributed by atoms with Gasteiger partial charge in [-0.15, -0.1) is 11.8 Å². The molecule has 1 fully saturated rings. The zero-order valence-electron chi connectivity index (χ0n) is 10.8. The third-order valence-electron chi connectivity index (χ3n) is 2.65. The van der Waals surface area contributed by atoms with Gasteiger partial charge in [-0.25, -0.2) is 0 Å². The van der Waals surface area contributed by atoms with E-state index in [-0.39, 0.29) is 5.91 Å². The summed E-state index contributed by atoms with van der Waals surface area (Å²) >= 11 is 1.79. The molecule has 1 amide bonds. The minimum atomic E-state index is 0.112. The highest BCUT2D eigenvalue weighted by Gasteiger charge is 2.16. The quantitative estimate of drug-likeness (QED) is 0.752. The van der Waals surface area contributed by atoms with Crippen LogP contribution in [-0.4, -0.2) is 49.0 Å². The molecule has 0 unspecified atom stereocenters. The molecule has 1 aliphatic carbocycles. The first-order valence-electron chi connectivity index (χ1n) is 6.17. The van der Waals surface area contributed by atoms with Crippen LogP contribution in [0.15, 0.2) is 0 Å². The maximum Gasteiger partial charge on any atom is 0.230 e. The third-order valence-corrected chi connectivity index (χ3v) is 4.02. The van der Waals surface area contributed by atoms with E-state index in [0.717, 1.165) is 6.54 Å². The van der Waals surface area contributed by atoms with Crippen LogP contribution >= 0.6 is 11.8 Å². The van der Waals surface area contributed by atoms with E-state index in [1.807, 2.05) is 19.0 Å². The Morgan fingerprint density at radius 2 is 2.06 bits per heavy atom. The third kappa shape index (κ3) is 7.30. The summed E-state index contributed by atoms with van der Waals surface area (Å²) in [5.41, 5.74) is 0. The van der Waals surface area contributed by atoms with Crippen LogP contribution in [0.5, 0.6) is 0 Å². The van der Waals surface area contributed by atoms with Crippen molar-refractivity contribution in [2.24, 2.45) is 0 Å². The van der Waals surface area contributed by atoms with Crippen molar-refractivity contribution in [3.63, 3.8) is 0 Å². The van der Waals surface area contributed by atoms with Crippen molar-refractivity contribution in [2.45, 2.75) is 30.9 Å². The molecule has 0 saturated heterocycles. The predicted molar refractivity (Wildman–Crippen MR) is 74.1 cm³/mol. The molecule has 0 spiro atoms. The summed E-state index contributed by atoms with van der Waals surface area (Å²) in [4.78, 5) is 13.5. The largest absolute Gasteiger partial charge is 0.344 e. The number of carbonyl (C=O) groups excluding carboxylic acids is 1. The highest BCUT2D eigenvalue weighted by Crippen LogP contribution is 2.28. The van der Waals surface area contributed by atoms with Gasteiger partial charge in [-0.2, -0.15) is 0 Å². The van der Waals surface area contributed by atoms with Crippen molar-refractivity contribution in [1.29, 1.82) is 0 Å². The summed E-state index contributed by atoms with van der Waals surface area (Å²) in [6.45, 7) is 1.21. The zero-order valence-corrected chi connectivity index (χ0v) is 11.6. The molecule has 1 N–H and O–H groups in total. The average Bonchev–Trinajstić information content (AvgIpc) is 2.78. The van der Waals surface area contributed by atoms with E-state index < -0.39 is 0 Å². The maximum atomic E-state index is 11.5. The fourth-order valence-electron chi connectivity index (χ4n) is 1.72. The monoisotopic (exact) mass is 254 g/mol. The molecule has 0 aliphatic heterocycles. The molecule has 0 atom stereocenters. The molecular formula is C13H22N2OS. The summed E-state index contributed by atoms with van der Waals surface area (Å²) in [7, 11) is 3.96. The SMILES string of the molecule is CN(C)CC#CCNC(=O)CSC1CCCC1. The molecule has 0 aromatic rings. The minimum Gasteiger partial charge on any atom is -0.344 e. The Morgan fingerprint density at radius 3 is 2.71 bits per heavy atom. The molecule has 0 aromatic carbocycles. The van der Waals surface area contributed by atoms with Gasteiger partial charge in [0.05, 0.1) is 18.8 Å². The van der Waals surface area contributed by atoms with Gasteiger partial charge in [-0.1, -0.05) is 24.7 Å². The van der Waals surface area contributed by atoms with E-state index in [0.29, 0.717) is 17.5 Å². The van der Waals surface area contributed by atoms with E-state index in [1.54, 1.807) is 11.8 Å². The van der Waals surface area contributed by atoms with Gasteiger partial charge in [0.1, 0.15) is 0 Å². The van der Waals surface area contributed by atoms with Gasteiger partial charge in [0.15, 0.2) is 0 Å². The molecule has 17 heavy (non-hydrogen) atoms. The standard InChI is InChI=1S/C13H22N2OS/c1-15(2)10-6-5-9-14-13(16)11-17-12-7-3-4-8-12/h12H,3-4,7-11H2,1-2H3,(H,14,16). The summed E-state index contributed by atoms with van der Waals surface area (Å²) in [6, 6.07) is 0. The van der Waals surface area contributed by atoms with E-state index >= 15 is 0 Å². The molecule has 0 aromatic heterocycles. The Morgan fingerprint density at radius 1 is 1.35 bits per heavy atom. The highest BCUT2D eigenvalue weighted by molar-refractivity contribution is 8.00. The maximum absolute atomic E-state index is 11.5. The van der Waals surface area contributed by atoms with Gasteiger partial charge >= 0.3 is 0 Å². The molecule has 4 heteroatoms. The van der Waals surface area contributed by atoms with Crippen LogP contribution in [0, 0.1) is 11.8 Å². The second-order valence-corrected chi connectivity index (χ2v) is 5.87. The number of amides is 1. The van der Waals surface area contributed by atoms with Crippen LogP contribution in [-0.2, 0) is 4.79 Å². The van der Waals surface area contributed by atoms with Gasteiger partial charge in [0, 0.05) is 5.25 Å². The van der Waals surface area contributed by atoms with Crippen molar-refractivity contribution in [2.75, 3.05) is 32.9 Å². The van der Waals surface area contributed by atoms with Crippen molar-refractivity contribution in [1.82, 2.24) is 10.2 Å². The van der Waals surface area contributed by atoms with Gasteiger partial charge in [0.2, 0.25) is 5.91 Å². The summed E-state index contributed by atoms with van der Waals surface area (Å²) < 4.78 is 0. The van der Waals surface area contributed by atoms with Crippen LogP contribution in [0.25, 0.3) is 0 Å². The Bertz CT molecular complexity index is 288. The van der Waals surface area contributed by atoms with E-state index in [1.165, 1.54) is 25.7 Å². The van der Waals surface area contributed by atoms with Gasteiger partial charge in [0.25, 0.3) is 0 Å². The van der Waals surface area contributed by atoms with E-state index in [9.17, 15) is 4.79 Å². The average molecular weight is 254 g/mol. The predicted octanol–water partition coefficient (Wildman–Crippen LogP) is 1.34. The number of hydrogen-bond acceptors (Lipinski definition) is 3. The molecule has 0 bridgehead atoms. The number of nitrogens with one attached hydrogen (secondary N) is 1. The fourth-order valence-corrected chi connectivity index (χ4v) is 2.87. The van der Waals surface area contributed by atoms with Crippen LogP contribution in [0.2, 0.25) is 0 Å². The highest BCUT2D eigenvalue weighted by atomic mass is 32.2. The van der Waals surface area contributed by atoms with Crippen molar-refractivity contribution in [3.05, 3.63) is 0 Å². The summed E-state index contributed by atoms with van der Waals surface area (Å²) in [5, 5.41) is 3.54. The Kier molecular flexibility index (Phi) is 7.14. The van der Waals surface area contributed by atoms with Crippen molar-refractivity contribution in [3.8, 4) is 11.8 Å². The van der Waals surface area contributed by atoms with E-state index in [2.05, 4.69) is 17.2 Å². The smallest absolute Gasteiger partial charge is 0.230 e. The molecule has 0 radical (unpaired) electrons. The summed E-state index contributed by atoms with van der Waals surface area (Å²) in [6.07, 6.45) is 5.21. The summed E-state index contributed by atoms with van der Waals surface area (Å²) in [5.74, 6) is 6.63. The number of carbonyl (C=O) groups is 1. The van der Waals surface area contributed by atoms with Crippen LogP contribution in [0.3, 0.4) is 0 Å². The van der Waals surface area contributed by atoms with Gasteiger partial charge in [-0.05, 0) is 26.9 Å². The molecule has 1 rings (SSSR count). The van der Waals surface area contributed by atoms with Crippen LogP contribution < -0.4 is 5.32 Å². The first-order chi connectivity index (χ1) is 8.18. The second kappa shape index (κ2) is 8.43. The lowest BCUT2D eigenvalue weighted by molar-refractivity contribution is -0.118. The number of thioether (sulfide) groups is 1. The lowest BCUT2D eigenvalue weighted by Crippen LogP contribution is -2.26. The molecule has 1 saturated carbocycles. The first kappa shape index (κ1) is 14.4. The van der Waals surface area contributed by atoms with Crippen molar-refractivity contribution >= 4 is 17.7 Å². The second-order valence-electron chi connectivity index (χ2n) is 4.59. The Balaban J connectivity index is 2.02. The topological polar surface area (TPSA) is 32.3 Å². The van der Waals surface area contributed by atoms with Crippen molar-refractivity contribution < 1.29 is 4.79 Å². The lowest BCUT2D eigenvalue weighted by atomic mass is 10.4. The van der Waals surface area contributed by atoms with Crippen LogP contribution in [0.4, 0.5) is 0 Å². The molecular weight excluding hydrogens is 232 g/mol. The normalized spacial score (nSPS) is 15.7. The molecule has 0 heterocycles. The zero-order chi connectivity index (χ0) is 12.5. The lowest BCUT2D eigenvalue weighted by Gasteiger charge is -2.07. The van der Waals surface area contributed by atoms with E-state index in [4.69, 9.17) is 0 Å². The number of rotatable bonds is 5. The molecule has 1 aliphatic rings. The fraction of sp³-hybridized carbons (Fsp3) is 0.769. The number of nitrogens with zero attached hydrogens (tertiary/aromatic N) is 1. The molecule has 96 valence electrons. The molecule has 3 nitrogen and oxygen atoms in total. The van der Waals surface area contributed by atoms with Gasteiger partial charge < -0.3 is 5.32 Å². The van der Waals surface area contributed by atoms with Gasteiger partial charge in [-0.3, -0.25) is 9.69 Å². The minimum absolute atomic E-state index is 0.112. The Labute approximate surface area is 109 Å². The van der Waals surface area contributed by atoms with Crippen LogP contribution in [0.1, 0.15) is 25.7 Å². The Hall–Kier alpha value is -0.660. The number of hydrogen-bond donors (Lipinski definition) is 1.